The second kappa shape index (κ2) is 8.00. The number of carbonyl (C=O) groups excluding carboxylic acids is 2. The molecule has 0 saturated carbocycles. The number of hydrogen-bond donors (Lipinski definition) is 1. The molecule has 8 heteroatoms. The first-order valence-corrected chi connectivity index (χ1v) is 9.44. The molecule has 2 amide bonds. The molecule has 0 radical (unpaired) electrons. The van der Waals surface area contributed by atoms with E-state index in [4.69, 9.17) is 9.47 Å². The van der Waals surface area contributed by atoms with E-state index in [9.17, 15) is 19.5 Å². The minimum absolute atomic E-state index is 0.0440. The Hall–Kier alpha value is -3.26. The lowest BCUT2D eigenvalue weighted by Gasteiger charge is -2.16. The molecule has 1 heterocycles. The average molecular weight is 413 g/mol. The summed E-state index contributed by atoms with van der Waals surface area (Å²) >= 11 is 0.763. The van der Waals surface area contributed by atoms with Crippen LogP contribution < -0.4 is 14.4 Å². The van der Waals surface area contributed by atoms with Crippen LogP contribution in [-0.2, 0) is 4.79 Å². The Morgan fingerprint density at radius 1 is 1.10 bits per heavy atom. The second-order valence-electron chi connectivity index (χ2n) is 6.31. The Morgan fingerprint density at radius 3 is 2.45 bits per heavy atom. The number of carbonyl (C=O) groups is 3. The number of benzene rings is 2. The van der Waals surface area contributed by atoms with Gasteiger partial charge in [0.1, 0.15) is 5.56 Å². The van der Waals surface area contributed by atoms with Crippen LogP contribution in [0, 0.1) is 13.8 Å². The van der Waals surface area contributed by atoms with E-state index < -0.39 is 17.1 Å². The lowest BCUT2D eigenvalue weighted by Crippen LogP contribution is -2.28. The van der Waals surface area contributed by atoms with Gasteiger partial charge in [-0.1, -0.05) is 18.2 Å². The summed E-state index contributed by atoms with van der Waals surface area (Å²) in [6, 6.07) is 8.45. The number of rotatable bonds is 5. The number of anilines is 1. The topological polar surface area (TPSA) is 93.1 Å². The standard InChI is InChI=1S/C21H19NO6S/c1-11-6-5-7-14(12(11)2)22-19(23)16(29-21(22)26)10-13-8-9-15(27-3)18(28-4)17(13)20(24)25/h5-10H,1-4H3,(H,24,25)/b16-10+. The molecule has 0 aliphatic carbocycles. The molecule has 0 spiro atoms. The molecule has 1 aliphatic heterocycles. The molecule has 0 bridgehead atoms. The molecule has 3 rings (SSSR count). The first-order valence-electron chi connectivity index (χ1n) is 8.62. The van der Waals surface area contributed by atoms with Gasteiger partial charge in [0.15, 0.2) is 11.5 Å². The summed E-state index contributed by atoms with van der Waals surface area (Å²) in [5.41, 5.74) is 2.39. The average Bonchev–Trinajstić information content (AvgIpc) is 2.96. The lowest BCUT2D eigenvalue weighted by atomic mass is 10.0. The summed E-state index contributed by atoms with van der Waals surface area (Å²) in [5, 5.41) is 9.21. The zero-order chi connectivity index (χ0) is 21.3. The molecule has 0 atom stereocenters. The molecule has 1 N–H and O–H groups in total. The molecular weight excluding hydrogens is 394 g/mol. The quantitative estimate of drug-likeness (QED) is 0.732. The third kappa shape index (κ3) is 3.58. The summed E-state index contributed by atoms with van der Waals surface area (Å²) in [6.07, 6.45) is 1.39. The molecule has 2 aromatic carbocycles. The number of amides is 2. The van der Waals surface area contributed by atoms with Gasteiger partial charge in [0.25, 0.3) is 11.1 Å². The van der Waals surface area contributed by atoms with E-state index in [2.05, 4.69) is 0 Å². The van der Waals surface area contributed by atoms with Crippen molar-refractivity contribution >= 4 is 40.6 Å². The van der Waals surface area contributed by atoms with Crippen molar-refractivity contribution in [2.24, 2.45) is 0 Å². The lowest BCUT2D eigenvalue weighted by molar-refractivity contribution is -0.113. The fourth-order valence-corrected chi connectivity index (χ4v) is 3.90. The van der Waals surface area contributed by atoms with Crippen LogP contribution in [0.3, 0.4) is 0 Å². The molecule has 7 nitrogen and oxygen atoms in total. The summed E-state index contributed by atoms with van der Waals surface area (Å²) in [7, 11) is 2.74. The van der Waals surface area contributed by atoms with Crippen molar-refractivity contribution in [2.45, 2.75) is 13.8 Å². The van der Waals surface area contributed by atoms with Crippen molar-refractivity contribution < 1.29 is 29.0 Å². The van der Waals surface area contributed by atoms with Gasteiger partial charge in [-0.2, -0.15) is 0 Å². The highest BCUT2D eigenvalue weighted by Gasteiger charge is 2.37. The zero-order valence-electron chi connectivity index (χ0n) is 16.3. The molecule has 0 aromatic heterocycles. The first kappa shape index (κ1) is 20.5. The van der Waals surface area contributed by atoms with Gasteiger partial charge in [-0.15, -0.1) is 0 Å². The third-order valence-electron chi connectivity index (χ3n) is 4.69. The van der Waals surface area contributed by atoms with Gasteiger partial charge in [-0.25, -0.2) is 9.69 Å². The molecule has 1 fully saturated rings. The van der Waals surface area contributed by atoms with Crippen LogP contribution in [0.2, 0.25) is 0 Å². The monoisotopic (exact) mass is 413 g/mol. The molecule has 1 aliphatic rings. The Balaban J connectivity index is 2.09. The van der Waals surface area contributed by atoms with Gasteiger partial charge in [0.2, 0.25) is 0 Å². The fourth-order valence-electron chi connectivity index (χ4n) is 3.08. The highest BCUT2D eigenvalue weighted by atomic mass is 32.2. The zero-order valence-corrected chi connectivity index (χ0v) is 17.1. The number of ether oxygens (including phenoxy) is 2. The molecule has 1 saturated heterocycles. The number of aryl methyl sites for hydroxylation is 1. The number of carboxylic acids is 1. The normalized spacial score (nSPS) is 15.2. The Labute approximate surface area is 171 Å². The van der Waals surface area contributed by atoms with Crippen LogP contribution in [0.15, 0.2) is 35.2 Å². The SMILES string of the molecule is COc1ccc(/C=C2/SC(=O)N(c3cccc(C)c3C)C2=O)c(C(=O)O)c1OC. The minimum atomic E-state index is -1.24. The molecular formula is C21H19NO6S. The van der Waals surface area contributed by atoms with E-state index in [-0.39, 0.29) is 27.5 Å². The van der Waals surface area contributed by atoms with Crippen LogP contribution in [0.25, 0.3) is 6.08 Å². The molecule has 29 heavy (non-hydrogen) atoms. The number of imide groups is 1. The second-order valence-corrected chi connectivity index (χ2v) is 7.30. The van der Waals surface area contributed by atoms with Crippen molar-refractivity contribution in [3.8, 4) is 11.5 Å². The first-order chi connectivity index (χ1) is 13.8. The van der Waals surface area contributed by atoms with Gasteiger partial charge in [0.05, 0.1) is 24.8 Å². The predicted octanol–water partition coefficient (Wildman–Crippen LogP) is 4.26. The number of hydrogen-bond acceptors (Lipinski definition) is 6. The molecule has 0 unspecified atom stereocenters. The predicted molar refractivity (Wildman–Crippen MR) is 111 cm³/mol. The van der Waals surface area contributed by atoms with Crippen LogP contribution in [-0.4, -0.2) is 36.4 Å². The summed E-state index contributed by atoms with van der Waals surface area (Å²) in [5.74, 6) is -1.44. The van der Waals surface area contributed by atoms with Gasteiger partial charge in [-0.05, 0) is 60.5 Å². The number of aromatic carboxylic acids is 1. The van der Waals surface area contributed by atoms with E-state index in [0.29, 0.717) is 5.69 Å². The highest BCUT2D eigenvalue weighted by molar-refractivity contribution is 8.19. The van der Waals surface area contributed by atoms with Gasteiger partial charge in [-0.3, -0.25) is 9.59 Å². The minimum Gasteiger partial charge on any atom is -0.493 e. The van der Waals surface area contributed by atoms with E-state index in [1.54, 1.807) is 18.2 Å². The molecule has 150 valence electrons. The largest absolute Gasteiger partial charge is 0.493 e. The third-order valence-corrected chi connectivity index (χ3v) is 5.56. The van der Waals surface area contributed by atoms with Gasteiger partial charge >= 0.3 is 5.97 Å². The van der Waals surface area contributed by atoms with E-state index in [1.165, 1.54) is 26.4 Å². The van der Waals surface area contributed by atoms with Gasteiger partial charge < -0.3 is 14.6 Å². The van der Waals surface area contributed by atoms with E-state index >= 15 is 0 Å². The smallest absolute Gasteiger partial charge is 0.340 e. The summed E-state index contributed by atoms with van der Waals surface area (Å²) in [6.45, 7) is 3.74. The maximum Gasteiger partial charge on any atom is 0.340 e. The fraction of sp³-hybridized carbons (Fsp3) is 0.190. The molecule has 2 aromatic rings. The van der Waals surface area contributed by atoms with Crippen LogP contribution in [0.5, 0.6) is 11.5 Å². The maximum atomic E-state index is 13.0. The van der Waals surface area contributed by atoms with Crippen LogP contribution >= 0.6 is 11.8 Å². The summed E-state index contributed by atoms with van der Waals surface area (Å²) < 4.78 is 10.3. The van der Waals surface area contributed by atoms with Crippen molar-refractivity contribution in [1.29, 1.82) is 0 Å². The van der Waals surface area contributed by atoms with E-state index in [1.807, 2.05) is 19.9 Å². The Kier molecular flexibility index (Phi) is 5.65. The van der Waals surface area contributed by atoms with Crippen molar-refractivity contribution in [1.82, 2.24) is 0 Å². The highest BCUT2D eigenvalue weighted by Crippen LogP contribution is 2.40. The Bertz CT molecular complexity index is 1060. The maximum absolute atomic E-state index is 13.0. The van der Waals surface area contributed by atoms with Crippen LogP contribution in [0.1, 0.15) is 27.0 Å². The van der Waals surface area contributed by atoms with E-state index in [0.717, 1.165) is 27.8 Å². The number of methoxy groups -OCH3 is 2. The van der Waals surface area contributed by atoms with Crippen LogP contribution in [0.4, 0.5) is 10.5 Å². The van der Waals surface area contributed by atoms with Crippen molar-refractivity contribution in [3.63, 3.8) is 0 Å². The van der Waals surface area contributed by atoms with Gasteiger partial charge in [0, 0.05) is 0 Å². The Morgan fingerprint density at radius 2 is 1.83 bits per heavy atom. The van der Waals surface area contributed by atoms with Crippen molar-refractivity contribution in [3.05, 3.63) is 57.5 Å². The number of carboxylic acid groups (broad SMARTS) is 1. The summed E-state index contributed by atoms with van der Waals surface area (Å²) in [4.78, 5) is 38.6. The number of thioether (sulfide) groups is 1. The van der Waals surface area contributed by atoms with Crippen molar-refractivity contribution in [2.75, 3.05) is 19.1 Å². The number of nitrogens with zero attached hydrogens (tertiary/aromatic N) is 1.